The zero-order chi connectivity index (χ0) is 106. The van der Waals surface area contributed by atoms with Crippen LogP contribution in [0.4, 0.5) is 105 Å². The van der Waals surface area contributed by atoms with Crippen molar-refractivity contribution < 1.29 is 125 Å². The third kappa shape index (κ3) is 32.5. The molecular formula is C110H128F24N4O4. The van der Waals surface area contributed by atoms with Crippen molar-refractivity contribution in [2.24, 2.45) is 29.6 Å². The summed E-state index contributed by atoms with van der Waals surface area (Å²) >= 11 is 0. The van der Waals surface area contributed by atoms with E-state index in [4.69, 9.17) is 0 Å². The van der Waals surface area contributed by atoms with Crippen LogP contribution in [0.5, 0.6) is 0 Å². The number of rotatable bonds is 27. The molecule has 0 aromatic heterocycles. The summed E-state index contributed by atoms with van der Waals surface area (Å²) < 4.78 is 320. The molecule has 780 valence electrons. The van der Waals surface area contributed by atoms with Crippen molar-refractivity contribution in [1.29, 1.82) is 0 Å². The number of piperidine rings is 4. The van der Waals surface area contributed by atoms with Gasteiger partial charge in [-0.3, -0.25) is 39.6 Å². The van der Waals surface area contributed by atoms with Crippen molar-refractivity contribution >= 4 is 23.1 Å². The number of hydrogen-bond donors (Lipinski definition) is 2. The number of nitrogens with one attached hydrogen (secondary N) is 2. The topological polar surface area (TPSA) is 98.8 Å². The molecule has 0 saturated carbocycles. The molecule has 12 atom stereocenters. The Morgan fingerprint density at radius 3 is 0.782 bits per heavy atom. The van der Waals surface area contributed by atoms with Gasteiger partial charge in [0.15, 0.2) is 0 Å². The van der Waals surface area contributed by atoms with Crippen LogP contribution in [0.1, 0.15) is 321 Å². The normalized spacial score (nSPS) is 20.4. The number of ketones is 4. The fourth-order valence-electron chi connectivity index (χ4n) is 19.7. The van der Waals surface area contributed by atoms with Crippen molar-refractivity contribution in [3.63, 3.8) is 0 Å². The molecular weight excluding hydrogens is 1900 g/mol. The molecule has 4 aliphatic heterocycles. The zero-order valence-corrected chi connectivity index (χ0v) is 82.3. The van der Waals surface area contributed by atoms with E-state index in [1.165, 1.54) is 88.2 Å². The fraction of sp³-hybridized carbons (Fsp3) is 0.527. The Hall–Kier alpha value is -9.40. The molecule has 12 rings (SSSR count). The van der Waals surface area contributed by atoms with Crippen molar-refractivity contribution in [3.05, 3.63) is 237 Å². The molecule has 2 N–H and O–H groups in total. The van der Waals surface area contributed by atoms with Gasteiger partial charge in [0, 0.05) is 47.8 Å². The summed E-state index contributed by atoms with van der Waals surface area (Å²) in [5.74, 6) is -0.995. The summed E-state index contributed by atoms with van der Waals surface area (Å²) in [6, 6.07) is 31.6. The van der Waals surface area contributed by atoms with Crippen LogP contribution in [0, 0.1) is 29.6 Å². The van der Waals surface area contributed by atoms with Crippen LogP contribution in [0.3, 0.4) is 0 Å². The number of nitrogens with zero attached hydrogens (tertiary/aromatic N) is 2. The van der Waals surface area contributed by atoms with Gasteiger partial charge in [-0.1, -0.05) is 166 Å². The molecule has 8 nitrogen and oxygen atoms in total. The van der Waals surface area contributed by atoms with Crippen molar-refractivity contribution in [2.45, 2.75) is 328 Å². The largest absolute Gasteiger partial charge is 0.416 e. The standard InChI is InChI=1S/C31H39F6NO.C27H31F6NO.2C26H29F6NO/c1-19(2)13-14-38-28(7-6-8-29(38)31(35,36)37)25-17-23(22-9-11-26(12-10-22)30(32,33)34)16-24(18-25)27(21(5)39)15-20(3)4;1-16(2)12-23(17(3)35)20-13-19(18-8-10-22(11-9-18)26(28,29)30)14-21(15-20)24-6-5-7-25(34(24)4)27(31,32)33;2*1-15(2)11-22(16(3)34)19-12-18(17-7-9-21(10-8-17)25(27,28)29)13-20(14-19)23-5-4-6-24(33-23)26(30,31)32/h9-12,16-20,27-29H,6-8,13-15H2,1-5H3;8-11,13-16,23-25H,5-7,12H2,1-4H3;2*7-10,12-15,22-24,33H,4-6,11H2,1-3H3/t27-,28-,29+;;2*22-,23-,24+/m0.10/s1. The van der Waals surface area contributed by atoms with Gasteiger partial charge < -0.3 is 0 Å². The van der Waals surface area contributed by atoms with Crippen molar-refractivity contribution in [3.8, 4) is 44.5 Å². The maximum Gasteiger partial charge on any atom is 0.416 e. The molecule has 8 aromatic carbocycles. The molecule has 0 spiro atoms. The van der Waals surface area contributed by atoms with Gasteiger partial charge in [-0.15, -0.1) is 0 Å². The van der Waals surface area contributed by atoms with Gasteiger partial charge in [0.1, 0.15) is 47.3 Å². The summed E-state index contributed by atoms with van der Waals surface area (Å²) in [4.78, 5) is 53.1. The van der Waals surface area contributed by atoms with E-state index in [2.05, 4.69) is 10.6 Å². The van der Waals surface area contributed by atoms with E-state index in [9.17, 15) is 125 Å². The maximum absolute atomic E-state index is 14.2. The first-order valence-corrected chi connectivity index (χ1v) is 48.3. The molecule has 32 heteroatoms. The van der Waals surface area contributed by atoms with Gasteiger partial charge in [-0.25, -0.2) is 0 Å². The molecule has 4 fully saturated rings. The molecule has 8 aromatic rings. The molecule has 0 amide bonds. The smallest absolute Gasteiger partial charge is 0.299 e. The Morgan fingerprint density at radius 2 is 0.535 bits per heavy atom. The molecule has 0 aliphatic carbocycles. The Bertz CT molecular complexity index is 5290. The molecule has 0 bridgehead atoms. The van der Waals surface area contributed by atoms with Gasteiger partial charge >= 0.3 is 49.4 Å². The number of halogens is 24. The third-order valence-electron chi connectivity index (χ3n) is 27.0. The second-order valence-corrected chi connectivity index (χ2v) is 40.6. The van der Waals surface area contributed by atoms with Crippen LogP contribution < -0.4 is 10.6 Å². The Balaban J connectivity index is 0.000000212. The Kier molecular flexibility index (Phi) is 39.5. The highest BCUT2D eigenvalue weighted by molar-refractivity contribution is 5.87. The monoisotopic (exact) mass is 2020 g/mol. The van der Waals surface area contributed by atoms with Crippen molar-refractivity contribution in [2.75, 3.05) is 13.6 Å². The Labute approximate surface area is 816 Å². The fourth-order valence-corrected chi connectivity index (χ4v) is 19.7. The second kappa shape index (κ2) is 48.3. The first-order chi connectivity index (χ1) is 65.8. The van der Waals surface area contributed by atoms with Gasteiger partial charge in [0.25, 0.3) is 0 Å². The van der Waals surface area contributed by atoms with Crippen LogP contribution in [-0.2, 0) is 43.9 Å². The first kappa shape index (κ1) is 116. The summed E-state index contributed by atoms with van der Waals surface area (Å²) in [5.41, 5.74) is 6.52. The van der Waals surface area contributed by atoms with Crippen LogP contribution in [0.15, 0.2) is 170 Å². The molecule has 142 heavy (non-hydrogen) atoms. The lowest BCUT2D eigenvalue weighted by Crippen LogP contribution is -2.50. The lowest BCUT2D eigenvalue weighted by Gasteiger charge is -2.43. The summed E-state index contributed by atoms with van der Waals surface area (Å²) in [6.07, 6.45) is -28.8. The number of Topliss-reactive ketones (excluding diaryl/α,β-unsaturated/α-hetero) is 4. The highest BCUT2D eigenvalue weighted by Crippen LogP contribution is 2.49. The number of carbonyl (C=O) groups excluding carboxylic acids is 4. The van der Waals surface area contributed by atoms with Crippen LogP contribution in [-0.4, -0.2) is 95.4 Å². The molecule has 4 saturated heterocycles. The third-order valence-corrected chi connectivity index (χ3v) is 27.0. The number of carbonyl (C=O) groups is 4. The van der Waals surface area contributed by atoms with Gasteiger partial charge in [0.2, 0.25) is 0 Å². The summed E-state index contributed by atoms with van der Waals surface area (Å²) in [5, 5.41) is 5.39. The summed E-state index contributed by atoms with van der Waals surface area (Å²) in [6.45, 7) is 26.1. The number of hydrogen-bond acceptors (Lipinski definition) is 8. The predicted molar refractivity (Wildman–Crippen MR) is 505 cm³/mol. The van der Waals surface area contributed by atoms with Gasteiger partial charge in [-0.2, -0.15) is 105 Å². The molecule has 4 heterocycles. The minimum atomic E-state index is -4.48. The highest BCUT2D eigenvalue weighted by atomic mass is 19.4. The van der Waals surface area contributed by atoms with E-state index in [1.54, 1.807) is 59.5 Å². The number of alkyl halides is 24. The van der Waals surface area contributed by atoms with E-state index in [0.717, 1.165) is 48.5 Å². The molecule has 3 unspecified atom stereocenters. The van der Waals surface area contributed by atoms with Crippen LogP contribution in [0.2, 0.25) is 0 Å². The van der Waals surface area contributed by atoms with Crippen LogP contribution in [0.25, 0.3) is 44.5 Å². The lowest BCUT2D eigenvalue weighted by atomic mass is 9.82. The van der Waals surface area contributed by atoms with Crippen molar-refractivity contribution in [1.82, 2.24) is 20.4 Å². The number of benzene rings is 8. The van der Waals surface area contributed by atoms with Gasteiger partial charge in [0.05, 0.1) is 22.3 Å². The Morgan fingerprint density at radius 1 is 0.289 bits per heavy atom. The van der Waals surface area contributed by atoms with Crippen LogP contribution >= 0.6 is 0 Å². The maximum atomic E-state index is 14.2. The SMILES string of the molecule is CC(=O)C(CC(C)C)c1cc(-c2ccc(C(F)(F)F)cc2)cc(C2CCCC(C(F)(F)F)N2C)c1.CC(=O)[C@@H](CC(C)C)c1cc(-c2ccc(C(F)(F)F)cc2)cc([C@H]2CCC[C@@H](C(F)(F)F)N2)c1.CC(=O)[C@H](CC(C)C)c1cc(-c2ccc(C(F)(F)F)cc2)cc([C@@H]2CCC[C@H](C(F)(F)F)N2)c1.CC(=O)[C@H](CC(C)C)c1cc(-c2ccc(C(F)(F)F)cc2)cc([C@@H]2CCC[C@H](C(F)(F)F)N2CCC(C)C)c1. The average Bonchev–Trinajstić information content (AvgIpc) is 0.801. The molecule has 0 radical (unpaired) electrons. The highest BCUT2D eigenvalue weighted by Gasteiger charge is 2.50. The van der Waals surface area contributed by atoms with Gasteiger partial charge in [-0.05, 0) is 342 Å². The van der Waals surface area contributed by atoms with E-state index >= 15 is 0 Å². The minimum absolute atomic E-state index is 0.00509. The molecule has 4 aliphatic rings. The van der Waals surface area contributed by atoms with E-state index < -0.39 is 144 Å². The van der Waals surface area contributed by atoms with E-state index in [-0.39, 0.29) is 85.0 Å². The zero-order valence-electron chi connectivity index (χ0n) is 82.3. The summed E-state index contributed by atoms with van der Waals surface area (Å²) in [7, 11) is 1.46. The second-order valence-electron chi connectivity index (χ2n) is 40.6. The van der Waals surface area contributed by atoms with E-state index in [1.807, 2.05) is 87.4 Å². The minimum Gasteiger partial charge on any atom is -0.299 e. The number of likely N-dealkylation sites (tertiary alicyclic amines) is 2. The quantitative estimate of drug-likeness (QED) is 0.0492. The average molecular weight is 2030 g/mol. The van der Waals surface area contributed by atoms with E-state index in [0.29, 0.717) is 172 Å². The lowest BCUT2D eigenvalue weighted by molar-refractivity contribution is -0.200. The first-order valence-electron chi connectivity index (χ1n) is 48.3. The predicted octanol–water partition coefficient (Wildman–Crippen LogP) is 33.4.